The smallest absolute Gasteiger partial charge is 0.338 e. The third-order valence-corrected chi connectivity index (χ3v) is 7.79. The van der Waals surface area contributed by atoms with Gasteiger partial charge >= 0.3 is 5.97 Å². The first-order valence-electron chi connectivity index (χ1n) is 13.0. The molecule has 1 aliphatic heterocycles. The first-order chi connectivity index (χ1) is 20.3. The number of allylic oxidation sites excluding steroid dienone is 1. The topological polar surface area (TPSA) is 107 Å². The van der Waals surface area contributed by atoms with Gasteiger partial charge in [-0.25, -0.2) is 13.9 Å². The van der Waals surface area contributed by atoms with Gasteiger partial charge in [0, 0.05) is 27.7 Å². The number of esters is 1. The Hall–Kier alpha value is -4.35. The molecule has 4 aromatic rings. The fraction of sp³-hybridized carbons (Fsp3) is 0.200. The van der Waals surface area contributed by atoms with Crippen molar-refractivity contribution in [3.63, 3.8) is 0 Å². The molecule has 0 fully saturated rings. The molecule has 0 saturated carbocycles. The number of amides is 1. The van der Waals surface area contributed by atoms with Crippen LogP contribution in [0.4, 0.5) is 16.0 Å². The second kappa shape index (κ2) is 12.7. The number of nitrogens with zero attached hydrogens (tertiary/aromatic N) is 3. The number of thioether (sulfide) groups is 1. The number of hydrogen-bond donors (Lipinski definition) is 2. The third-order valence-electron chi connectivity index (χ3n) is 6.57. The maximum atomic E-state index is 14.4. The zero-order valence-corrected chi connectivity index (χ0v) is 24.6. The van der Waals surface area contributed by atoms with Crippen LogP contribution in [0.5, 0.6) is 5.75 Å². The highest BCUT2D eigenvalue weighted by Gasteiger charge is 2.34. The average molecular weight is 608 g/mol. The molecule has 1 aromatic heterocycles. The van der Waals surface area contributed by atoms with E-state index in [9.17, 15) is 14.0 Å². The second-order valence-electron chi connectivity index (χ2n) is 9.24. The SMILES string of the molecule is CCOC(=O)c1ccc(NC(=O)C2=C(C)Nc3nc(SCc4c(F)cccc4Cl)nn3C2c2ccc(OC)cc2)cc1. The number of rotatable bonds is 9. The molecule has 2 N–H and O–H groups in total. The van der Waals surface area contributed by atoms with E-state index >= 15 is 0 Å². The van der Waals surface area contributed by atoms with E-state index in [1.54, 1.807) is 62.0 Å². The second-order valence-corrected chi connectivity index (χ2v) is 10.6. The number of anilines is 2. The van der Waals surface area contributed by atoms with Gasteiger partial charge in [-0.05, 0) is 67.9 Å². The summed E-state index contributed by atoms with van der Waals surface area (Å²) in [5.41, 5.74) is 3.03. The molecule has 42 heavy (non-hydrogen) atoms. The van der Waals surface area contributed by atoms with Gasteiger partial charge < -0.3 is 20.1 Å². The first-order valence-corrected chi connectivity index (χ1v) is 14.4. The molecule has 1 amide bonds. The lowest BCUT2D eigenvalue weighted by Crippen LogP contribution is -2.31. The highest BCUT2D eigenvalue weighted by Crippen LogP contribution is 2.38. The molecule has 0 saturated heterocycles. The van der Waals surface area contributed by atoms with E-state index in [2.05, 4.69) is 15.6 Å². The lowest BCUT2D eigenvalue weighted by atomic mass is 9.95. The molecule has 216 valence electrons. The van der Waals surface area contributed by atoms with Crippen molar-refractivity contribution in [2.24, 2.45) is 0 Å². The van der Waals surface area contributed by atoms with Gasteiger partial charge in [-0.1, -0.05) is 41.6 Å². The number of hydrogen-bond acceptors (Lipinski definition) is 8. The summed E-state index contributed by atoms with van der Waals surface area (Å²) in [5, 5.41) is 11.5. The number of aromatic nitrogens is 3. The minimum absolute atomic E-state index is 0.226. The molecule has 5 rings (SSSR count). The molecule has 0 spiro atoms. The van der Waals surface area contributed by atoms with Crippen molar-refractivity contribution in [1.29, 1.82) is 0 Å². The minimum atomic E-state index is -0.634. The fourth-order valence-corrected chi connectivity index (χ4v) is 5.66. The van der Waals surface area contributed by atoms with E-state index in [1.165, 1.54) is 17.8 Å². The summed E-state index contributed by atoms with van der Waals surface area (Å²) in [6, 6.07) is 17.7. The Balaban J connectivity index is 1.45. The molecule has 1 unspecified atom stereocenters. The number of halogens is 2. The molecular weight excluding hydrogens is 581 g/mol. The quantitative estimate of drug-likeness (QED) is 0.165. The van der Waals surface area contributed by atoms with Crippen LogP contribution in [0.1, 0.15) is 41.4 Å². The Morgan fingerprint density at radius 1 is 1.12 bits per heavy atom. The molecule has 3 aromatic carbocycles. The van der Waals surface area contributed by atoms with E-state index < -0.39 is 17.8 Å². The summed E-state index contributed by atoms with van der Waals surface area (Å²) >= 11 is 7.44. The number of methoxy groups -OCH3 is 1. The molecule has 0 radical (unpaired) electrons. The van der Waals surface area contributed by atoms with Crippen LogP contribution in [0.15, 0.2) is 83.2 Å². The zero-order valence-electron chi connectivity index (χ0n) is 23.0. The monoisotopic (exact) mass is 607 g/mol. The summed E-state index contributed by atoms with van der Waals surface area (Å²) in [6.45, 7) is 3.80. The van der Waals surface area contributed by atoms with Gasteiger partial charge in [0.15, 0.2) is 0 Å². The van der Waals surface area contributed by atoms with E-state index in [1.807, 2.05) is 24.3 Å². The fourth-order valence-electron chi connectivity index (χ4n) is 4.49. The average Bonchev–Trinajstić information content (AvgIpc) is 3.39. The van der Waals surface area contributed by atoms with E-state index in [0.717, 1.165) is 5.56 Å². The summed E-state index contributed by atoms with van der Waals surface area (Å²) in [6.07, 6.45) is 0. The van der Waals surface area contributed by atoms with Crippen molar-refractivity contribution >= 4 is 46.9 Å². The maximum Gasteiger partial charge on any atom is 0.338 e. The van der Waals surface area contributed by atoms with Gasteiger partial charge in [0.05, 0.1) is 24.9 Å². The van der Waals surface area contributed by atoms with Crippen molar-refractivity contribution < 1.29 is 23.5 Å². The highest BCUT2D eigenvalue weighted by molar-refractivity contribution is 7.98. The van der Waals surface area contributed by atoms with Gasteiger partial charge in [-0.2, -0.15) is 4.98 Å². The normalized spacial score (nSPS) is 14.2. The zero-order chi connectivity index (χ0) is 29.8. The number of carbonyl (C=O) groups excluding carboxylic acids is 2. The standard InChI is InChI=1S/C30H27ClFN5O4S/c1-4-41-28(39)19-8-12-20(13-9-19)34-27(38)25-17(2)33-29-35-30(42-16-22-23(31)6-5-7-24(22)32)36-37(29)26(25)18-10-14-21(40-3)15-11-18/h5-15,26H,4,16H2,1-3H3,(H,34,38)(H,33,35,36). The van der Waals surface area contributed by atoms with E-state index in [4.69, 9.17) is 26.2 Å². The molecule has 1 atom stereocenters. The molecule has 2 heterocycles. The molecular formula is C30H27ClFN5O4S. The summed E-state index contributed by atoms with van der Waals surface area (Å²) in [5.74, 6) is 0.125. The van der Waals surface area contributed by atoms with Gasteiger partial charge in [-0.15, -0.1) is 5.10 Å². The number of nitrogens with one attached hydrogen (secondary N) is 2. The Morgan fingerprint density at radius 2 is 1.86 bits per heavy atom. The summed E-state index contributed by atoms with van der Waals surface area (Å²) in [4.78, 5) is 30.4. The van der Waals surface area contributed by atoms with Crippen molar-refractivity contribution in [2.75, 3.05) is 24.4 Å². The van der Waals surface area contributed by atoms with Crippen LogP contribution in [0.25, 0.3) is 0 Å². The largest absolute Gasteiger partial charge is 0.497 e. The summed E-state index contributed by atoms with van der Waals surface area (Å²) in [7, 11) is 1.58. The maximum absolute atomic E-state index is 14.4. The molecule has 9 nitrogen and oxygen atoms in total. The first kappa shape index (κ1) is 29.2. The van der Waals surface area contributed by atoms with E-state index in [-0.39, 0.29) is 18.3 Å². The molecule has 0 bridgehead atoms. The van der Waals surface area contributed by atoms with Crippen molar-refractivity contribution in [2.45, 2.75) is 30.8 Å². The molecule has 1 aliphatic rings. The van der Waals surface area contributed by atoms with Crippen molar-refractivity contribution in [1.82, 2.24) is 14.8 Å². The van der Waals surface area contributed by atoms with Gasteiger partial charge in [0.2, 0.25) is 11.1 Å². The van der Waals surface area contributed by atoms with Crippen molar-refractivity contribution in [3.8, 4) is 5.75 Å². The Bertz CT molecular complexity index is 1640. The number of fused-ring (bicyclic) bond motifs is 1. The minimum Gasteiger partial charge on any atom is -0.497 e. The van der Waals surface area contributed by atoms with E-state index in [0.29, 0.717) is 50.0 Å². The highest BCUT2D eigenvalue weighted by atomic mass is 35.5. The predicted molar refractivity (Wildman–Crippen MR) is 159 cm³/mol. The Labute approximate surface area is 251 Å². The Kier molecular flexibility index (Phi) is 8.79. The number of ether oxygens (including phenoxy) is 2. The van der Waals surface area contributed by atoms with Crippen molar-refractivity contribution in [3.05, 3.63) is 106 Å². The Morgan fingerprint density at radius 3 is 2.52 bits per heavy atom. The van der Waals surface area contributed by atoms with Crippen LogP contribution in [0, 0.1) is 5.82 Å². The number of carbonyl (C=O) groups is 2. The van der Waals surface area contributed by atoms with Crippen LogP contribution < -0.4 is 15.4 Å². The van der Waals surface area contributed by atoms with Crippen LogP contribution in [-0.4, -0.2) is 40.4 Å². The summed E-state index contributed by atoms with van der Waals surface area (Å²) < 4.78 is 26.3. The van der Waals surface area contributed by atoms with Gasteiger partial charge in [0.1, 0.15) is 17.6 Å². The molecule has 0 aliphatic carbocycles. The third kappa shape index (κ3) is 6.12. The van der Waals surface area contributed by atoms with Crippen LogP contribution >= 0.6 is 23.4 Å². The van der Waals surface area contributed by atoms with Crippen LogP contribution in [0.3, 0.4) is 0 Å². The lowest BCUT2D eigenvalue weighted by Gasteiger charge is -2.28. The van der Waals surface area contributed by atoms with Crippen LogP contribution in [0.2, 0.25) is 5.02 Å². The predicted octanol–water partition coefficient (Wildman–Crippen LogP) is 6.48. The van der Waals surface area contributed by atoms with Crippen LogP contribution in [-0.2, 0) is 15.3 Å². The van der Waals surface area contributed by atoms with Gasteiger partial charge in [0.25, 0.3) is 5.91 Å². The molecule has 12 heteroatoms. The van der Waals surface area contributed by atoms with Gasteiger partial charge in [-0.3, -0.25) is 4.79 Å². The lowest BCUT2D eigenvalue weighted by molar-refractivity contribution is -0.113. The number of benzene rings is 3.